The molecule has 1 aliphatic heterocycles. The van der Waals surface area contributed by atoms with Gasteiger partial charge in [-0.3, -0.25) is 4.31 Å². The fourth-order valence-electron chi connectivity index (χ4n) is 1.97. The van der Waals surface area contributed by atoms with Gasteiger partial charge in [0.1, 0.15) is 6.61 Å². The van der Waals surface area contributed by atoms with E-state index in [0.29, 0.717) is 0 Å². The molecule has 0 bridgehead atoms. The number of alkyl halides is 3. The van der Waals surface area contributed by atoms with E-state index in [0.717, 1.165) is 16.6 Å². The molecule has 0 unspecified atom stereocenters. The van der Waals surface area contributed by atoms with Gasteiger partial charge in [0, 0.05) is 18.8 Å². The molecule has 1 aromatic rings. The first-order valence-electron chi connectivity index (χ1n) is 6.61. The van der Waals surface area contributed by atoms with Crippen LogP contribution >= 0.6 is 0 Å². The Morgan fingerprint density at radius 2 is 1.92 bits per heavy atom. The van der Waals surface area contributed by atoms with E-state index >= 15 is 0 Å². The third-order valence-corrected chi connectivity index (χ3v) is 4.56. The highest BCUT2D eigenvalue weighted by Crippen LogP contribution is 2.32. The number of carbonyl (C=O) groups excluding carboxylic acids is 1. The van der Waals surface area contributed by atoms with E-state index < -0.39 is 34.5 Å². The van der Waals surface area contributed by atoms with Gasteiger partial charge in [0.25, 0.3) is 0 Å². The van der Waals surface area contributed by atoms with Crippen molar-refractivity contribution in [2.75, 3.05) is 7.05 Å². The number of ether oxygens (including phenoxy) is 1. The number of rotatable bonds is 3. The zero-order chi connectivity index (χ0) is 18.1. The van der Waals surface area contributed by atoms with Gasteiger partial charge in [-0.1, -0.05) is 18.2 Å². The first kappa shape index (κ1) is 18.0. The van der Waals surface area contributed by atoms with Crippen molar-refractivity contribution >= 4 is 21.9 Å². The van der Waals surface area contributed by atoms with Crippen molar-refractivity contribution in [3.05, 3.63) is 47.2 Å². The maximum atomic E-state index is 12.9. The van der Waals surface area contributed by atoms with Gasteiger partial charge in [0.15, 0.2) is 0 Å². The zero-order valence-corrected chi connectivity index (χ0v) is 13.5. The van der Waals surface area contributed by atoms with Crippen molar-refractivity contribution in [3.63, 3.8) is 0 Å². The van der Waals surface area contributed by atoms with Gasteiger partial charge in [0.2, 0.25) is 0 Å². The van der Waals surface area contributed by atoms with Gasteiger partial charge in [0.05, 0.1) is 16.8 Å². The van der Waals surface area contributed by atoms with Crippen LogP contribution in [0.15, 0.2) is 40.4 Å². The fourth-order valence-corrected chi connectivity index (χ4v) is 2.78. The Morgan fingerprint density at radius 1 is 1.29 bits per heavy atom. The molecule has 0 atom stereocenters. The molecule has 0 N–H and O–H groups in total. The maximum absolute atomic E-state index is 12.9. The molecular formula is C14H13F3N2O4S. The standard InChI is InChI=1S/C14H13F3N2O4S/c1-9-11(7-19(2)24(21,22)18-9)13(20)23-8-10-5-3-4-6-12(10)14(15,16)17/h3-7H,8H2,1-2H3. The van der Waals surface area contributed by atoms with E-state index in [2.05, 4.69) is 4.40 Å². The van der Waals surface area contributed by atoms with Crippen molar-refractivity contribution in [2.24, 2.45) is 4.40 Å². The average molecular weight is 362 g/mol. The molecule has 1 aromatic carbocycles. The van der Waals surface area contributed by atoms with Gasteiger partial charge >= 0.3 is 22.4 Å². The van der Waals surface area contributed by atoms with Crippen LogP contribution in [0.2, 0.25) is 0 Å². The van der Waals surface area contributed by atoms with Crippen LogP contribution in [0.3, 0.4) is 0 Å². The highest BCUT2D eigenvalue weighted by molar-refractivity contribution is 7.88. The smallest absolute Gasteiger partial charge is 0.416 e. The van der Waals surface area contributed by atoms with E-state index in [1.165, 1.54) is 32.2 Å². The summed E-state index contributed by atoms with van der Waals surface area (Å²) in [5, 5.41) is 0. The zero-order valence-electron chi connectivity index (χ0n) is 12.7. The molecule has 24 heavy (non-hydrogen) atoms. The molecule has 0 spiro atoms. The summed E-state index contributed by atoms with van der Waals surface area (Å²) in [5.74, 6) is -0.963. The number of esters is 1. The Balaban J connectivity index is 2.17. The Kier molecular flexibility index (Phi) is 4.70. The lowest BCUT2D eigenvalue weighted by Gasteiger charge is -2.19. The molecule has 1 aliphatic rings. The average Bonchev–Trinajstić information content (AvgIpc) is 2.47. The van der Waals surface area contributed by atoms with E-state index in [1.807, 2.05) is 0 Å². The molecule has 0 aliphatic carbocycles. The predicted molar refractivity (Wildman–Crippen MR) is 79.1 cm³/mol. The molecule has 130 valence electrons. The minimum atomic E-state index is -4.57. The highest BCUT2D eigenvalue weighted by Gasteiger charge is 2.33. The van der Waals surface area contributed by atoms with Gasteiger partial charge in [-0.25, -0.2) is 4.79 Å². The summed E-state index contributed by atoms with van der Waals surface area (Å²) in [7, 11) is -2.70. The van der Waals surface area contributed by atoms with Gasteiger partial charge in [-0.2, -0.15) is 21.6 Å². The number of hydrogen-bond donors (Lipinski definition) is 0. The molecule has 0 aromatic heterocycles. The summed E-state index contributed by atoms with van der Waals surface area (Å²) in [6.07, 6.45) is -3.56. The normalized spacial score (nSPS) is 17.1. The van der Waals surface area contributed by atoms with Crippen molar-refractivity contribution < 1.29 is 31.1 Å². The SMILES string of the molecule is CC1=NS(=O)(=O)N(C)C=C1C(=O)OCc1ccccc1C(F)(F)F. The van der Waals surface area contributed by atoms with Crippen molar-refractivity contribution in [3.8, 4) is 0 Å². The number of hydrogen-bond acceptors (Lipinski definition) is 4. The summed E-state index contributed by atoms with van der Waals surface area (Å²) in [6, 6.07) is 4.71. The second-order valence-corrected chi connectivity index (χ2v) is 6.60. The van der Waals surface area contributed by atoms with Gasteiger partial charge in [-0.05, 0) is 13.0 Å². The van der Waals surface area contributed by atoms with E-state index in [9.17, 15) is 26.4 Å². The number of nitrogens with zero attached hydrogens (tertiary/aromatic N) is 2. The lowest BCUT2D eigenvalue weighted by molar-refractivity contribution is -0.144. The summed E-state index contributed by atoms with van der Waals surface area (Å²) in [5.41, 5.74) is -1.34. The lowest BCUT2D eigenvalue weighted by Crippen LogP contribution is -2.29. The van der Waals surface area contributed by atoms with E-state index in [-0.39, 0.29) is 16.8 Å². The third kappa shape index (κ3) is 3.75. The highest BCUT2D eigenvalue weighted by atomic mass is 32.2. The predicted octanol–water partition coefficient (Wildman–Crippen LogP) is 2.28. The van der Waals surface area contributed by atoms with Crippen LogP contribution in [0.25, 0.3) is 0 Å². The minimum Gasteiger partial charge on any atom is -0.457 e. The molecule has 0 radical (unpaired) electrons. The first-order valence-corrected chi connectivity index (χ1v) is 8.01. The van der Waals surface area contributed by atoms with Crippen LogP contribution in [0.1, 0.15) is 18.1 Å². The summed E-state index contributed by atoms with van der Waals surface area (Å²) in [4.78, 5) is 12.0. The molecule has 2 rings (SSSR count). The topological polar surface area (TPSA) is 76.0 Å². The van der Waals surface area contributed by atoms with Crippen LogP contribution in [0.4, 0.5) is 13.2 Å². The third-order valence-electron chi connectivity index (χ3n) is 3.22. The Bertz CT molecular complexity index is 829. The maximum Gasteiger partial charge on any atom is 0.416 e. The van der Waals surface area contributed by atoms with Crippen LogP contribution in [-0.2, 0) is 32.5 Å². The molecule has 1 heterocycles. The molecule has 0 saturated heterocycles. The van der Waals surface area contributed by atoms with Crippen LogP contribution in [0.5, 0.6) is 0 Å². The quantitative estimate of drug-likeness (QED) is 0.773. The van der Waals surface area contributed by atoms with Gasteiger partial charge < -0.3 is 4.74 Å². The largest absolute Gasteiger partial charge is 0.457 e. The minimum absolute atomic E-state index is 0.0952. The number of benzene rings is 1. The first-order chi connectivity index (χ1) is 11.0. The molecule has 0 amide bonds. The van der Waals surface area contributed by atoms with Crippen LogP contribution in [-0.4, -0.2) is 31.5 Å². The summed E-state index contributed by atoms with van der Waals surface area (Å²) in [6.45, 7) is 0.691. The summed E-state index contributed by atoms with van der Waals surface area (Å²) < 4.78 is 70.6. The molecule has 10 heteroatoms. The van der Waals surface area contributed by atoms with Gasteiger partial charge in [-0.15, -0.1) is 4.40 Å². The monoisotopic (exact) mass is 362 g/mol. The molecular weight excluding hydrogens is 349 g/mol. The lowest BCUT2D eigenvalue weighted by atomic mass is 10.1. The van der Waals surface area contributed by atoms with Crippen LogP contribution in [0, 0.1) is 0 Å². The number of carbonyl (C=O) groups is 1. The molecule has 0 saturated carbocycles. The van der Waals surface area contributed by atoms with E-state index in [1.54, 1.807) is 0 Å². The van der Waals surface area contributed by atoms with Crippen molar-refractivity contribution in [1.29, 1.82) is 0 Å². The Hall–Kier alpha value is -2.36. The molecule has 6 nitrogen and oxygen atoms in total. The fraction of sp³-hybridized carbons (Fsp3) is 0.286. The van der Waals surface area contributed by atoms with Crippen LogP contribution < -0.4 is 0 Å². The van der Waals surface area contributed by atoms with Crippen molar-refractivity contribution in [1.82, 2.24) is 4.31 Å². The van der Waals surface area contributed by atoms with E-state index in [4.69, 9.17) is 4.74 Å². The summed E-state index contributed by atoms with van der Waals surface area (Å²) >= 11 is 0. The Morgan fingerprint density at radius 3 is 2.54 bits per heavy atom. The second-order valence-electron chi connectivity index (χ2n) is 4.94. The molecule has 0 fully saturated rings. The second kappa shape index (κ2) is 6.27. The van der Waals surface area contributed by atoms with Crippen molar-refractivity contribution in [2.45, 2.75) is 19.7 Å². The number of halogens is 3. The Labute approximate surface area is 136 Å².